The van der Waals surface area contributed by atoms with Crippen LogP contribution < -0.4 is 5.73 Å². The predicted molar refractivity (Wildman–Crippen MR) is 87.6 cm³/mol. The SMILES string of the molecule is CCCCCCCCN1CCN(C(C)C(N)=S)CC1. The molecule has 1 fully saturated rings. The van der Waals surface area contributed by atoms with Crippen molar-refractivity contribution in [1.82, 2.24) is 9.80 Å². The minimum absolute atomic E-state index is 0.256. The van der Waals surface area contributed by atoms with Crippen LogP contribution >= 0.6 is 12.2 Å². The van der Waals surface area contributed by atoms with E-state index in [1.165, 1.54) is 58.2 Å². The second kappa shape index (κ2) is 9.67. The summed E-state index contributed by atoms with van der Waals surface area (Å²) in [7, 11) is 0. The lowest BCUT2D eigenvalue weighted by molar-refractivity contribution is 0.121. The fourth-order valence-electron chi connectivity index (χ4n) is 2.67. The summed E-state index contributed by atoms with van der Waals surface area (Å²) >= 11 is 5.07. The van der Waals surface area contributed by atoms with Crippen LogP contribution in [0.3, 0.4) is 0 Å². The molecule has 1 aliphatic heterocycles. The zero-order valence-electron chi connectivity index (χ0n) is 12.7. The van der Waals surface area contributed by atoms with Gasteiger partial charge in [-0.25, -0.2) is 0 Å². The number of hydrogen-bond donors (Lipinski definition) is 1. The zero-order valence-corrected chi connectivity index (χ0v) is 13.6. The predicted octanol–water partition coefficient (Wildman–Crippen LogP) is 2.64. The Labute approximate surface area is 124 Å². The van der Waals surface area contributed by atoms with Crippen LogP contribution in [0.5, 0.6) is 0 Å². The van der Waals surface area contributed by atoms with E-state index in [0.29, 0.717) is 4.99 Å². The van der Waals surface area contributed by atoms with Crippen LogP contribution in [0.1, 0.15) is 52.4 Å². The highest BCUT2D eigenvalue weighted by molar-refractivity contribution is 7.80. The lowest BCUT2D eigenvalue weighted by Crippen LogP contribution is -2.52. The van der Waals surface area contributed by atoms with E-state index in [2.05, 4.69) is 23.6 Å². The van der Waals surface area contributed by atoms with Crippen molar-refractivity contribution in [3.8, 4) is 0 Å². The first-order valence-corrected chi connectivity index (χ1v) is 8.31. The summed E-state index contributed by atoms with van der Waals surface area (Å²) in [5, 5.41) is 0. The first-order valence-electron chi connectivity index (χ1n) is 7.91. The smallest absolute Gasteiger partial charge is 0.0899 e. The standard InChI is InChI=1S/C15H31N3S/c1-3-4-5-6-7-8-9-17-10-12-18(13-11-17)14(2)15(16)19/h14H,3-13H2,1-2H3,(H2,16,19). The molecule has 1 saturated heterocycles. The summed E-state index contributed by atoms with van der Waals surface area (Å²) in [5.74, 6) is 0. The highest BCUT2D eigenvalue weighted by Crippen LogP contribution is 2.09. The van der Waals surface area contributed by atoms with Crippen molar-refractivity contribution in [2.45, 2.75) is 58.4 Å². The van der Waals surface area contributed by atoms with Gasteiger partial charge in [0.1, 0.15) is 0 Å². The Hall–Kier alpha value is -0.190. The molecule has 2 N–H and O–H groups in total. The molecule has 0 saturated carbocycles. The molecule has 0 aliphatic carbocycles. The third-order valence-corrected chi connectivity index (χ3v) is 4.54. The normalized spacial score (nSPS) is 19.5. The molecular formula is C15H31N3S. The third-order valence-electron chi connectivity index (χ3n) is 4.19. The average Bonchev–Trinajstić information content (AvgIpc) is 2.42. The highest BCUT2D eigenvalue weighted by Gasteiger charge is 2.21. The molecule has 1 rings (SSSR count). The second-order valence-corrected chi connectivity index (χ2v) is 6.20. The fourth-order valence-corrected chi connectivity index (χ4v) is 2.82. The number of rotatable bonds is 9. The lowest BCUT2D eigenvalue weighted by Gasteiger charge is -2.37. The maximum Gasteiger partial charge on any atom is 0.0899 e. The summed E-state index contributed by atoms with van der Waals surface area (Å²) in [4.78, 5) is 5.62. The van der Waals surface area contributed by atoms with Crippen LogP contribution in [-0.4, -0.2) is 53.6 Å². The van der Waals surface area contributed by atoms with Gasteiger partial charge in [-0.05, 0) is 19.9 Å². The van der Waals surface area contributed by atoms with Gasteiger partial charge >= 0.3 is 0 Å². The molecule has 0 spiro atoms. The molecule has 112 valence electrons. The molecule has 0 bridgehead atoms. The van der Waals surface area contributed by atoms with Gasteiger partial charge in [0.25, 0.3) is 0 Å². The molecule has 1 unspecified atom stereocenters. The number of nitrogens with two attached hydrogens (primary N) is 1. The number of nitrogens with zero attached hydrogens (tertiary/aromatic N) is 2. The van der Waals surface area contributed by atoms with Gasteiger partial charge < -0.3 is 10.6 Å². The van der Waals surface area contributed by atoms with Gasteiger partial charge in [0.15, 0.2) is 0 Å². The van der Waals surface area contributed by atoms with Crippen molar-refractivity contribution in [2.24, 2.45) is 5.73 Å². The van der Waals surface area contributed by atoms with E-state index in [0.717, 1.165) is 13.1 Å². The van der Waals surface area contributed by atoms with Crippen molar-refractivity contribution in [3.05, 3.63) is 0 Å². The monoisotopic (exact) mass is 285 g/mol. The summed E-state index contributed by atoms with van der Waals surface area (Å²) < 4.78 is 0. The Morgan fingerprint density at radius 3 is 2.21 bits per heavy atom. The zero-order chi connectivity index (χ0) is 14.1. The van der Waals surface area contributed by atoms with Crippen molar-refractivity contribution in [2.75, 3.05) is 32.7 Å². The number of hydrogen-bond acceptors (Lipinski definition) is 3. The van der Waals surface area contributed by atoms with E-state index in [-0.39, 0.29) is 6.04 Å². The van der Waals surface area contributed by atoms with Gasteiger partial charge in [-0.1, -0.05) is 51.2 Å². The Kier molecular flexibility index (Phi) is 8.58. The van der Waals surface area contributed by atoms with Gasteiger partial charge in [0, 0.05) is 26.2 Å². The van der Waals surface area contributed by atoms with Crippen LogP contribution in [0.15, 0.2) is 0 Å². The van der Waals surface area contributed by atoms with Gasteiger partial charge in [-0.3, -0.25) is 4.90 Å². The van der Waals surface area contributed by atoms with Crippen LogP contribution in [0.4, 0.5) is 0 Å². The molecule has 0 aromatic rings. The molecule has 19 heavy (non-hydrogen) atoms. The number of thiocarbonyl (C=S) groups is 1. The highest BCUT2D eigenvalue weighted by atomic mass is 32.1. The Bertz CT molecular complexity index is 250. The Morgan fingerprint density at radius 1 is 1.05 bits per heavy atom. The topological polar surface area (TPSA) is 32.5 Å². The average molecular weight is 286 g/mol. The maximum atomic E-state index is 5.72. The molecule has 4 heteroatoms. The van der Waals surface area contributed by atoms with Gasteiger partial charge in [0.05, 0.1) is 11.0 Å². The maximum absolute atomic E-state index is 5.72. The third kappa shape index (κ3) is 6.68. The summed E-state index contributed by atoms with van der Waals surface area (Å²) in [6, 6.07) is 0.256. The van der Waals surface area contributed by atoms with Crippen molar-refractivity contribution >= 4 is 17.2 Å². The lowest BCUT2D eigenvalue weighted by atomic mass is 10.1. The van der Waals surface area contributed by atoms with Gasteiger partial charge in [-0.15, -0.1) is 0 Å². The van der Waals surface area contributed by atoms with Crippen molar-refractivity contribution in [3.63, 3.8) is 0 Å². The van der Waals surface area contributed by atoms with Crippen LogP contribution in [0.25, 0.3) is 0 Å². The first-order chi connectivity index (χ1) is 9.15. The molecule has 1 aliphatic rings. The summed E-state index contributed by atoms with van der Waals surface area (Å²) in [6.45, 7) is 10.2. The van der Waals surface area contributed by atoms with Crippen molar-refractivity contribution in [1.29, 1.82) is 0 Å². The first kappa shape index (κ1) is 16.9. The Balaban J connectivity index is 2.05. The van der Waals surface area contributed by atoms with Crippen molar-refractivity contribution < 1.29 is 0 Å². The van der Waals surface area contributed by atoms with E-state index >= 15 is 0 Å². The fraction of sp³-hybridized carbons (Fsp3) is 0.933. The molecular weight excluding hydrogens is 254 g/mol. The van der Waals surface area contributed by atoms with Gasteiger partial charge in [0.2, 0.25) is 0 Å². The Morgan fingerprint density at radius 2 is 1.63 bits per heavy atom. The minimum Gasteiger partial charge on any atom is -0.392 e. The molecule has 1 atom stereocenters. The molecule has 0 aromatic heterocycles. The van der Waals surface area contributed by atoms with E-state index in [4.69, 9.17) is 18.0 Å². The molecule has 3 nitrogen and oxygen atoms in total. The van der Waals surface area contributed by atoms with Crippen LogP contribution in [0.2, 0.25) is 0 Å². The van der Waals surface area contributed by atoms with E-state index in [1.54, 1.807) is 0 Å². The van der Waals surface area contributed by atoms with E-state index in [9.17, 15) is 0 Å². The molecule has 1 heterocycles. The van der Waals surface area contributed by atoms with E-state index < -0.39 is 0 Å². The quantitative estimate of drug-likeness (QED) is 0.521. The second-order valence-electron chi connectivity index (χ2n) is 5.72. The summed E-state index contributed by atoms with van der Waals surface area (Å²) in [5.41, 5.74) is 5.72. The van der Waals surface area contributed by atoms with Crippen LogP contribution in [0, 0.1) is 0 Å². The molecule has 0 amide bonds. The summed E-state index contributed by atoms with van der Waals surface area (Å²) in [6.07, 6.45) is 8.30. The number of unbranched alkanes of at least 4 members (excludes halogenated alkanes) is 5. The molecule has 0 radical (unpaired) electrons. The van der Waals surface area contributed by atoms with Crippen LogP contribution in [-0.2, 0) is 0 Å². The van der Waals surface area contributed by atoms with E-state index in [1.807, 2.05) is 0 Å². The van der Waals surface area contributed by atoms with Gasteiger partial charge in [-0.2, -0.15) is 0 Å². The minimum atomic E-state index is 0.256. The number of piperazine rings is 1. The molecule has 0 aromatic carbocycles. The largest absolute Gasteiger partial charge is 0.392 e.